The van der Waals surface area contributed by atoms with Gasteiger partial charge in [-0.1, -0.05) is 48.3 Å². The lowest BCUT2D eigenvalue weighted by Crippen LogP contribution is -2.37. The van der Waals surface area contributed by atoms with Gasteiger partial charge in [-0.05, 0) is 50.1 Å². The van der Waals surface area contributed by atoms with Gasteiger partial charge < -0.3 is 10.1 Å². The zero-order valence-corrected chi connectivity index (χ0v) is 15.3. The fourth-order valence-corrected chi connectivity index (χ4v) is 2.50. The zero-order valence-electron chi connectivity index (χ0n) is 13.8. The summed E-state index contributed by atoms with van der Waals surface area (Å²) in [6, 6.07) is 13.5. The number of benzene rings is 2. The molecule has 0 unspecified atom stereocenters. The standard InChI is InChI=1S/C19H23Cl2NO/c1-4-19(2,3)22-12-14-8-10-15(11-9-14)23-13-16-17(20)6-5-7-18(16)21/h5-11,22H,4,12-13H2,1-3H3. The van der Waals surface area contributed by atoms with Crippen LogP contribution in [-0.4, -0.2) is 5.54 Å². The molecule has 0 spiro atoms. The summed E-state index contributed by atoms with van der Waals surface area (Å²) in [6.07, 6.45) is 1.09. The van der Waals surface area contributed by atoms with Crippen LogP contribution in [0.3, 0.4) is 0 Å². The Balaban J connectivity index is 1.93. The second-order valence-electron chi connectivity index (χ2n) is 6.22. The van der Waals surface area contributed by atoms with Crippen LogP contribution in [-0.2, 0) is 13.2 Å². The maximum atomic E-state index is 6.15. The van der Waals surface area contributed by atoms with Crippen molar-refractivity contribution < 1.29 is 4.74 Å². The Labute approximate surface area is 148 Å². The molecule has 0 bridgehead atoms. The first-order chi connectivity index (χ1) is 10.9. The molecule has 2 aromatic carbocycles. The average molecular weight is 352 g/mol. The van der Waals surface area contributed by atoms with Crippen molar-refractivity contribution in [1.82, 2.24) is 5.32 Å². The molecule has 2 aromatic rings. The van der Waals surface area contributed by atoms with E-state index in [1.54, 1.807) is 0 Å². The molecule has 0 radical (unpaired) electrons. The smallest absolute Gasteiger partial charge is 0.119 e. The summed E-state index contributed by atoms with van der Waals surface area (Å²) in [7, 11) is 0. The molecule has 23 heavy (non-hydrogen) atoms. The molecule has 124 valence electrons. The van der Waals surface area contributed by atoms with Crippen LogP contribution >= 0.6 is 23.2 Å². The van der Waals surface area contributed by atoms with Crippen LogP contribution in [0.4, 0.5) is 0 Å². The van der Waals surface area contributed by atoms with Crippen LogP contribution in [0.15, 0.2) is 42.5 Å². The second kappa shape index (κ2) is 8.05. The third-order valence-electron chi connectivity index (χ3n) is 4.02. The zero-order chi connectivity index (χ0) is 16.9. The fraction of sp³-hybridized carbons (Fsp3) is 0.368. The maximum Gasteiger partial charge on any atom is 0.119 e. The summed E-state index contributed by atoms with van der Waals surface area (Å²) in [4.78, 5) is 0. The van der Waals surface area contributed by atoms with E-state index in [0.29, 0.717) is 16.7 Å². The predicted octanol–water partition coefficient (Wildman–Crippen LogP) is 5.85. The Morgan fingerprint density at radius 2 is 1.61 bits per heavy atom. The lowest BCUT2D eigenvalue weighted by atomic mass is 10.0. The van der Waals surface area contributed by atoms with Crippen LogP contribution in [0.25, 0.3) is 0 Å². The summed E-state index contributed by atoms with van der Waals surface area (Å²) >= 11 is 12.3. The minimum Gasteiger partial charge on any atom is -0.489 e. The highest BCUT2D eigenvalue weighted by atomic mass is 35.5. The number of ether oxygens (including phenoxy) is 1. The molecular weight excluding hydrogens is 329 g/mol. The van der Waals surface area contributed by atoms with E-state index in [1.165, 1.54) is 5.56 Å². The number of nitrogens with one attached hydrogen (secondary N) is 1. The highest BCUT2D eigenvalue weighted by Crippen LogP contribution is 2.26. The van der Waals surface area contributed by atoms with Gasteiger partial charge in [0.05, 0.1) is 0 Å². The Morgan fingerprint density at radius 3 is 2.17 bits per heavy atom. The lowest BCUT2D eigenvalue weighted by Gasteiger charge is -2.24. The van der Waals surface area contributed by atoms with E-state index in [2.05, 4.69) is 38.2 Å². The Morgan fingerprint density at radius 1 is 1.00 bits per heavy atom. The lowest BCUT2D eigenvalue weighted by molar-refractivity contribution is 0.306. The Bertz CT molecular complexity index is 618. The van der Waals surface area contributed by atoms with Gasteiger partial charge in [0.2, 0.25) is 0 Å². The highest BCUT2D eigenvalue weighted by molar-refractivity contribution is 6.35. The van der Waals surface area contributed by atoms with Crippen molar-refractivity contribution in [3.63, 3.8) is 0 Å². The molecule has 0 saturated carbocycles. The van der Waals surface area contributed by atoms with Gasteiger partial charge in [0.1, 0.15) is 12.4 Å². The van der Waals surface area contributed by atoms with E-state index >= 15 is 0 Å². The van der Waals surface area contributed by atoms with E-state index in [0.717, 1.165) is 24.3 Å². The van der Waals surface area contributed by atoms with E-state index < -0.39 is 0 Å². The summed E-state index contributed by atoms with van der Waals surface area (Å²) in [5.41, 5.74) is 2.19. The van der Waals surface area contributed by atoms with Gasteiger partial charge in [0, 0.05) is 27.7 Å². The van der Waals surface area contributed by atoms with Gasteiger partial charge in [0.15, 0.2) is 0 Å². The third kappa shape index (κ3) is 5.42. The second-order valence-corrected chi connectivity index (χ2v) is 7.04. The van der Waals surface area contributed by atoms with Crippen LogP contribution in [0.5, 0.6) is 5.75 Å². The number of hydrogen-bond acceptors (Lipinski definition) is 2. The molecular formula is C19H23Cl2NO. The van der Waals surface area contributed by atoms with Crippen molar-refractivity contribution in [2.24, 2.45) is 0 Å². The molecule has 0 heterocycles. The van der Waals surface area contributed by atoms with Gasteiger partial charge in [0.25, 0.3) is 0 Å². The summed E-state index contributed by atoms with van der Waals surface area (Å²) < 4.78 is 5.79. The molecule has 0 aliphatic carbocycles. The van der Waals surface area contributed by atoms with Crippen LogP contribution in [0.2, 0.25) is 10.0 Å². The number of halogens is 2. The molecule has 4 heteroatoms. The van der Waals surface area contributed by atoms with Gasteiger partial charge in [-0.25, -0.2) is 0 Å². The van der Waals surface area contributed by atoms with Crippen LogP contribution in [0.1, 0.15) is 38.3 Å². The molecule has 1 N–H and O–H groups in total. The quantitative estimate of drug-likeness (QED) is 0.675. The predicted molar refractivity (Wildman–Crippen MR) is 98.4 cm³/mol. The van der Waals surface area contributed by atoms with Crippen molar-refractivity contribution in [3.05, 3.63) is 63.6 Å². The van der Waals surface area contributed by atoms with Gasteiger partial charge in [-0.15, -0.1) is 0 Å². The summed E-state index contributed by atoms with van der Waals surface area (Å²) in [6.45, 7) is 7.80. The van der Waals surface area contributed by atoms with Crippen LogP contribution in [0, 0.1) is 0 Å². The van der Waals surface area contributed by atoms with Crippen molar-refractivity contribution in [1.29, 1.82) is 0 Å². The SMILES string of the molecule is CCC(C)(C)NCc1ccc(OCc2c(Cl)cccc2Cl)cc1. The van der Waals surface area contributed by atoms with Gasteiger partial charge in [-0.3, -0.25) is 0 Å². The molecule has 0 amide bonds. The largest absolute Gasteiger partial charge is 0.489 e. The summed E-state index contributed by atoms with van der Waals surface area (Å²) in [5, 5.41) is 4.79. The number of hydrogen-bond donors (Lipinski definition) is 1. The fourth-order valence-electron chi connectivity index (χ4n) is 2.00. The molecule has 0 aliphatic heterocycles. The first-order valence-electron chi connectivity index (χ1n) is 7.81. The molecule has 0 fully saturated rings. The minimum absolute atomic E-state index is 0.149. The normalized spacial score (nSPS) is 11.5. The third-order valence-corrected chi connectivity index (χ3v) is 4.73. The van der Waals surface area contributed by atoms with Gasteiger partial charge in [-0.2, -0.15) is 0 Å². The molecule has 0 atom stereocenters. The minimum atomic E-state index is 0.149. The highest BCUT2D eigenvalue weighted by Gasteiger charge is 2.13. The van der Waals surface area contributed by atoms with E-state index in [9.17, 15) is 0 Å². The average Bonchev–Trinajstić information content (AvgIpc) is 2.54. The monoisotopic (exact) mass is 351 g/mol. The Hall–Kier alpha value is -1.22. The van der Waals surface area contributed by atoms with E-state index in [4.69, 9.17) is 27.9 Å². The molecule has 2 nitrogen and oxygen atoms in total. The maximum absolute atomic E-state index is 6.15. The van der Waals surface area contributed by atoms with Crippen molar-refractivity contribution in [2.75, 3.05) is 0 Å². The summed E-state index contributed by atoms with van der Waals surface area (Å²) in [5.74, 6) is 0.805. The van der Waals surface area contributed by atoms with E-state index in [-0.39, 0.29) is 5.54 Å². The van der Waals surface area contributed by atoms with Gasteiger partial charge >= 0.3 is 0 Å². The Kier molecular flexibility index (Phi) is 6.34. The first-order valence-corrected chi connectivity index (χ1v) is 8.56. The van der Waals surface area contributed by atoms with E-state index in [1.807, 2.05) is 30.3 Å². The molecule has 0 aliphatic rings. The molecule has 0 aromatic heterocycles. The van der Waals surface area contributed by atoms with Crippen molar-refractivity contribution >= 4 is 23.2 Å². The van der Waals surface area contributed by atoms with Crippen molar-refractivity contribution in [2.45, 2.75) is 45.9 Å². The first kappa shape index (κ1) is 18.1. The molecule has 0 saturated heterocycles. The topological polar surface area (TPSA) is 21.3 Å². The van der Waals surface area contributed by atoms with Crippen molar-refractivity contribution in [3.8, 4) is 5.75 Å². The van der Waals surface area contributed by atoms with Crippen LogP contribution < -0.4 is 10.1 Å². The number of rotatable bonds is 7. The molecule has 2 rings (SSSR count).